The van der Waals surface area contributed by atoms with Crippen molar-refractivity contribution in [3.63, 3.8) is 0 Å². The molecule has 0 saturated heterocycles. The Morgan fingerprint density at radius 2 is 2.00 bits per heavy atom. The summed E-state index contributed by atoms with van der Waals surface area (Å²) in [5, 5.41) is 7.17. The lowest BCUT2D eigenvalue weighted by Gasteiger charge is -2.08. The van der Waals surface area contributed by atoms with Crippen molar-refractivity contribution in [1.29, 1.82) is 0 Å². The molecule has 6 heteroatoms. The lowest BCUT2D eigenvalue weighted by atomic mass is 10.1. The van der Waals surface area contributed by atoms with Gasteiger partial charge in [0.05, 0.1) is 5.02 Å². The molecule has 0 aliphatic carbocycles. The van der Waals surface area contributed by atoms with Crippen LogP contribution in [0.25, 0.3) is 0 Å². The van der Waals surface area contributed by atoms with E-state index >= 15 is 0 Å². The van der Waals surface area contributed by atoms with Crippen LogP contribution in [0.1, 0.15) is 11.6 Å². The summed E-state index contributed by atoms with van der Waals surface area (Å²) in [4.78, 5) is 13.7. The minimum absolute atomic E-state index is 0.0320. The maximum absolute atomic E-state index is 11.8. The molecule has 0 spiro atoms. The van der Waals surface area contributed by atoms with Gasteiger partial charge in [0.2, 0.25) is 5.91 Å². The fourth-order valence-electron chi connectivity index (χ4n) is 2.27. The summed E-state index contributed by atoms with van der Waals surface area (Å²) in [5.41, 5.74) is 1.80. The van der Waals surface area contributed by atoms with Crippen LogP contribution in [-0.2, 0) is 4.79 Å². The van der Waals surface area contributed by atoms with Crippen molar-refractivity contribution in [2.24, 2.45) is 0 Å². The van der Waals surface area contributed by atoms with E-state index in [4.69, 9.17) is 23.2 Å². The first-order valence-corrected chi connectivity index (χ1v) is 7.90. The third-order valence-corrected chi connectivity index (χ3v) is 4.99. The zero-order chi connectivity index (χ0) is 15.0. The highest BCUT2D eigenvalue weighted by Gasteiger charge is 2.29. The molecule has 1 aliphatic heterocycles. The summed E-state index contributed by atoms with van der Waals surface area (Å²) < 4.78 is 0. The Morgan fingerprint density at radius 3 is 2.76 bits per heavy atom. The first-order valence-electron chi connectivity index (χ1n) is 6.33. The lowest BCUT2D eigenvalue weighted by Crippen LogP contribution is -2.23. The molecule has 21 heavy (non-hydrogen) atoms. The number of carbonyl (C=O) groups excluding carboxylic acids is 1. The van der Waals surface area contributed by atoms with E-state index in [9.17, 15) is 4.79 Å². The van der Waals surface area contributed by atoms with Gasteiger partial charge in [0, 0.05) is 26.1 Å². The summed E-state index contributed by atoms with van der Waals surface area (Å²) in [7, 11) is 1.77. The van der Waals surface area contributed by atoms with E-state index < -0.39 is 0 Å². The number of fused-ring (bicyclic) bond motifs is 1. The molecule has 2 aromatic carbocycles. The summed E-state index contributed by atoms with van der Waals surface area (Å²) in [5.74, 6) is -0.0320. The van der Waals surface area contributed by atoms with E-state index in [1.807, 2.05) is 24.3 Å². The second-order valence-corrected chi connectivity index (χ2v) is 6.60. The van der Waals surface area contributed by atoms with Crippen LogP contribution in [0.3, 0.4) is 0 Å². The standard InChI is InChI=1S/C15H12Cl2N2OS/c1-18-14-10-4-3-9(7-12(10)19-15(14)20)21-13-6-8(16)2-5-11(13)17/h2-7,14,18H,1H3,(H,19,20). The summed E-state index contributed by atoms with van der Waals surface area (Å²) in [6.45, 7) is 0. The van der Waals surface area contributed by atoms with Crippen molar-refractivity contribution in [2.75, 3.05) is 12.4 Å². The Hall–Kier alpha value is -1.20. The molecule has 0 radical (unpaired) electrons. The highest BCUT2D eigenvalue weighted by Crippen LogP contribution is 2.39. The number of likely N-dealkylation sites (N-methyl/N-ethyl adjacent to an activating group) is 1. The van der Waals surface area contributed by atoms with Gasteiger partial charge in [-0.3, -0.25) is 4.79 Å². The minimum Gasteiger partial charge on any atom is -0.324 e. The maximum Gasteiger partial charge on any atom is 0.246 e. The molecule has 2 aromatic rings. The van der Waals surface area contributed by atoms with E-state index in [0.717, 1.165) is 21.0 Å². The first-order chi connectivity index (χ1) is 10.1. The Bertz CT molecular complexity index is 721. The second-order valence-electron chi connectivity index (χ2n) is 4.64. The van der Waals surface area contributed by atoms with Crippen molar-refractivity contribution < 1.29 is 4.79 Å². The van der Waals surface area contributed by atoms with Crippen molar-refractivity contribution >= 4 is 46.6 Å². The van der Waals surface area contributed by atoms with Gasteiger partial charge in [-0.25, -0.2) is 0 Å². The number of benzene rings is 2. The highest BCUT2D eigenvalue weighted by atomic mass is 35.5. The van der Waals surface area contributed by atoms with Gasteiger partial charge in [0.25, 0.3) is 0 Å². The number of anilines is 1. The SMILES string of the molecule is CNC1C(=O)Nc2cc(Sc3cc(Cl)ccc3Cl)ccc21. The van der Waals surface area contributed by atoms with Gasteiger partial charge in [0.1, 0.15) is 6.04 Å². The zero-order valence-corrected chi connectivity index (χ0v) is 13.4. The second kappa shape index (κ2) is 5.89. The highest BCUT2D eigenvalue weighted by molar-refractivity contribution is 7.99. The number of nitrogens with one attached hydrogen (secondary N) is 2. The molecule has 0 bridgehead atoms. The monoisotopic (exact) mass is 338 g/mol. The van der Waals surface area contributed by atoms with E-state index in [-0.39, 0.29) is 11.9 Å². The Balaban J connectivity index is 1.90. The third kappa shape index (κ3) is 2.90. The van der Waals surface area contributed by atoms with E-state index in [1.54, 1.807) is 19.2 Å². The average Bonchev–Trinajstić information content (AvgIpc) is 2.77. The molecule has 0 fully saturated rings. The van der Waals surface area contributed by atoms with Crippen LogP contribution < -0.4 is 10.6 Å². The normalized spacial score (nSPS) is 16.7. The van der Waals surface area contributed by atoms with Gasteiger partial charge in [0.15, 0.2) is 0 Å². The molecule has 1 amide bonds. The Kier molecular flexibility index (Phi) is 4.13. The predicted molar refractivity (Wildman–Crippen MR) is 87.5 cm³/mol. The van der Waals surface area contributed by atoms with Crippen molar-refractivity contribution in [3.8, 4) is 0 Å². The van der Waals surface area contributed by atoms with Crippen LogP contribution in [-0.4, -0.2) is 13.0 Å². The Morgan fingerprint density at radius 1 is 1.19 bits per heavy atom. The largest absolute Gasteiger partial charge is 0.324 e. The van der Waals surface area contributed by atoms with Gasteiger partial charge < -0.3 is 10.6 Å². The molecule has 0 saturated carbocycles. The molecule has 0 aromatic heterocycles. The quantitative estimate of drug-likeness (QED) is 0.873. The fraction of sp³-hybridized carbons (Fsp3) is 0.133. The predicted octanol–water partition coefficient (Wildman–Crippen LogP) is 4.36. The summed E-state index contributed by atoms with van der Waals surface area (Å²) >= 11 is 13.7. The van der Waals surface area contributed by atoms with E-state index in [0.29, 0.717) is 10.0 Å². The van der Waals surface area contributed by atoms with Gasteiger partial charge in [-0.15, -0.1) is 0 Å². The smallest absolute Gasteiger partial charge is 0.246 e. The third-order valence-electron chi connectivity index (χ3n) is 3.27. The van der Waals surface area contributed by atoms with Crippen LogP contribution in [0.5, 0.6) is 0 Å². The topological polar surface area (TPSA) is 41.1 Å². The molecule has 108 valence electrons. The molecular formula is C15H12Cl2N2OS. The average molecular weight is 339 g/mol. The summed E-state index contributed by atoms with van der Waals surface area (Å²) in [6.07, 6.45) is 0. The molecular weight excluding hydrogens is 327 g/mol. The number of carbonyl (C=O) groups is 1. The van der Waals surface area contributed by atoms with E-state index in [1.165, 1.54) is 11.8 Å². The molecule has 1 heterocycles. The summed E-state index contributed by atoms with van der Waals surface area (Å²) in [6, 6.07) is 11.0. The van der Waals surface area contributed by atoms with Gasteiger partial charge in [-0.2, -0.15) is 0 Å². The molecule has 3 nitrogen and oxygen atoms in total. The number of hydrogen-bond acceptors (Lipinski definition) is 3. The van der Waals surface area contributed by atoms with Crippen LogP contribution in [0.2, 0.25) is 10.0 Å². The molecule has 1 atom stereocenters. The molecule has 1 aliphatic rings. The van der Waals surface area contributed by atoms with Crippen molar-refractivity contribution in [2.45, 2.75) is 15.8 Å². The van der Waals surface area contributed by atoms with Gasteiger partial charge in [-0.1, -0.05) is 41.0 Å². The minimum atomic E-state index is -0.284. The zero-order valence-electron chi connectivity index (χ0n) is 11.1. The fourth-order valence-corrected chi connectivity index (χ4v) is 3.66. The number of amides is 1. The first kappa shape index (κ1) is 14.7. The number of halogens is 2. The number of hydrogen-bond donors (Lipinski definition) is 2. The van der Waals surface area contributed by atoms with Crippen molar-refractivity contribution in [3.05, 3.63) is 52.0 Å². The maximum atomic E-state index is 11.8. The van der Waals surface area contributed by atoms with Gasteiger partial charge in [-0.05, 0) is 37.4 Å². The lowest BCUT2D eigenvalue weighted by molar-refractivity contribution is -0.117. The van der Waals surface area contributed by atoms with Crippen LogP contribution >= 0.6 is 35.0 Å². The molecule has 1 unspecified atom stereocenters. The van der Waals surface area contributed by atoms with Crippen LogP contribution in [0.15, 0.2) is 46.2 Å². The van der Waals surface area contributed by atoms with Gasteiger partial charge >= 0.3 is 0 Å². The van der Waals surface area contributed by atoms with Crippen LogP contribution in [0.4, 0.5) is 5.69 Å². The number of rotatable bonds is 3. The van der Waals surface area contributed by atoms with Crippen LogP contribution in [0, 0.1) is 0 Å². The van der Waals surface area contributed by atoms with Crippen molar-refractivity contribution in [1.82, 2.24) is 5.32 Å². The molecule has 2 N–H and O–H groups in total. The Labute approximate surface area is 137 Å². The molecule has 3 rings (SSSR count). The van der Waals surface area contributed by atoms with E-state index in [2.05, 4.69) is 10.6 Å².